The number of aliphatic imine (C=N–C) groups is 1. The second-order valence-corrected chi connectivity index (χ2v) is 7.04. The molecule has 0 aromatic carbocycles. The molecule has 2 aliphatic heterocycles. The quantitative estimate of drug-likeness (QED) is 0.288. The fourth-order valence-electron chi connectivity index (χ4n) is 3.55. The Balaban J connectivity index is 0.00000288. The number of primary amides is 1. The Morgan fingerprint density at radius 3 is 2.58 bits per heavy atom. The smallest absolute Gasteiger partial charge is 0.221 e. The Bertz CT molecular complexity index is 410. The van der Waals surface area contributed by atoms with E-state index < -0.39 is 0 Å². The number of carbonyl (C=O) groups excluding carboxylic acids is 1. The molecule has 0 radical (unpaired) electrons. The van der Waals surface area contributed by atoms with E-state index in [1.807, 2.05) is 7.05 Å². The molecule has 0 spiro atoms. The van der Waals surface area contributed by atoms with E-state index >= 15 is 0 Å². The van der Waals surface area contributed by atoms with Crippen molar-refractivity contribution >= 4 is 35.8 Å². The van der Waals surface area contributed by atoms with Gasteiger partial charge in [-0.1, -0.05) is 6.92 Å². The molecule has 140 valence electrons. The predicted octanol–water partition coefficient (Wildman–Crippen LogP) is 1.50. The van der Waals surface area contributed by atoms with Crippen LogP contribution in [-0.4, -0.2) is 68.0 Å². The van der Waals surface area contributed by atoms with Gasteiger partial charge < -0.3 is 20.9 Å². The Morgan fingerprint density at radius 2 is 1.96 bits per heavy atom. The van der Waals surface area contributed by atoms with Crippen molar-refractivity contribution in [2.45, 2.75) is 39.0 Å². The van der Waals surface area contributed by atoms with Gasteiger partial charge in [-0.2, -0.15) is 0 Å². The Morgan fingerprint density at radius 1 is 1.25 bits per heavy atom. The van der Waals surface area contributed by atoms with E-state index in [0.29, 0.717) is 0 Å². The normalized spacial score (nSPS) is 23.7. The zero-order valence-electron chi connectivity index (χ0n) is 15.2. The third-order valence-corrected chi connectivity index (χ3v) is 5.14. The van der Waals surface area contributed by atoms with Gasteiger partial charge in [0.2, 0.25) is 5.91 Å². The SMILES string of the molecule is CN=C(NCCCN1CCCC(C(N)=O)C1)N1CCC(C)CC1.I. The van der Waals surface area contributed by atoms with E-state index in [2.05, 4.69) is 27.0 Å². The molecule has 7 heteroatoms. The van der Waals surface area contributed by atoms with Crippen LogP contribution in [0.25, 0.3) is 0 Å². The van der Waals surface area contributed by atoms with E-state index in [0.717, 1.165) is 70.4 Å². The average Bonchev–Trinajstić information content (AvgIpc) is 2.56. The molecular weight excluding hydrogens is 417 g/mol. The van der Waals surface area contributed by atoms with Crippen molar-refractivity contribution in [2.24, 2.45) is 22.6 Å². The fourth-order valence-corrected chi connectivity index (χ4v) is 3.55. The first-order chi connectivity index (χ1) is 11.1. The number of halogens is 1. The molecule has 2 heterocycles. The summed E-state index contributed by atoms with van der Waals surface area (Å²) in [5, 5.41) is 3.49. The van der Waals surface area contributed by atoms with Gasteiger partial charge in [-0.15, -0.1) is 24.0 Å². The Hall–Kier alpha value is -0.570. The molecule has 0 aliphatic carbocycles. The lowest BCUT2D eigenvalue weighted by Crippen LogP contribution is -2.46. The van der Waals surface area contributed by atoms with Gasteiger partial charge in [-0.25, -0.2) is 0 Å². The number of likely N-dealkylation sites (tertiary alicyclic amines) is 2. The summed E-state index contributed by atoms with van der Waals surface area (Å²) in [7, 11) is 1.86. The summed E-state index contributed by atoms with van der Waals surface area (Å²) in [4.78, 5) is 20.5. The van der Waals surface area contributed by atoms with Crippen molar-refractivity contribution in [1.29, 1.82) is 0 Å². The molecule has 1 unspecified atom stereocenters. The van der Waals surface area contributed by atoms with Gasteiger partial charge in [-0.3, -0.25) is 9.79 Å². The molecule has 2 saturated heterocycles. The lowest BCUT2D eigenvalue weighted by molar-refractivity contribution is -0.123. The van der Waals surface area contributed by atoms with Crippen LogP contribution >= 0.6 is 24.0 Å². The standard InChI is InChI=1S/C17H33N5O.HI/c1-14-6-11-22(12-7-14)17(19-2)20-8-4-10-21-9-3-5-15(13-21)16(18)23;/h14-15H,3-13H2,1-2H3,(H2,18,23)(H,19,20);1H. The van der Waals surface area contributed by atoms with E-state index in [1.54, 1.807) is 0 Å². The first-order valence-electron chi connectivity index (χ1n) is 9.07. The average molecular weight is 451 g/mol. The molecule has 6 nitrogen and oxygen atoms in total. The van der Waals surface area contributed by atoms with Crippen LogP contribution in [0.2, 0.25) is 0 Å². The van der Waals surface area contributed by atoms with Crippen LogP contribution in [0.4, 0.5) is 0 Å². The van der Waals surface area contributed by atoms with E-state index in [4.69, 9.17) is 5.73 Å². The minimum atomic E-state index is -0.146. The van der Waals surface area contributed by atoms with Crippen LogP contribution in [0, 0.1) is 11.8 Å². The van der Waals surface area contributed by atoms with Gasteiger partial charge in [0.25, 0.3) is 0 Å². The number of piperidine rings is 2. The molecule has 0 aromatic rings. The molecular formula is C17H34IN5O. The Kier molecular flexibility index (Phi) is 9.95. The number of rotatable bonds is 5. The largest absolute Gasteiger partial charge is 0.369 e. The number of guanidine groups is 1. The molecule has 1 atom stereocenters. The van der Waals surface area contributed by atoms with Gasteiger partial charge in [0.1, 0.15) is 0 Å². The van der Waals surface area contributed by atoms with Gasteiger partial charge >= 0.3 is 0 Å². The molecule has 2 fully saturated rings. The first kappa shape index (κ1) is 21.5. The summed E-state index contributed by atoms with van der Waals surface area (Å²) in [6.45, 7) is 8.39. The monoisotopic (exact) mass is 451 g/mol. The highest BCUT2D eigenvalue weighted by molar-refractivity contribution is 14.0. The third kappa shape index (κ3) is 6.74. The highest BCUT2D eigenvalue weighted by Crippen LogP contribution is 2.17. The summed E-state index contributed by atoms with van der Waals surface area (Å²) in [5.74, 6) is 1.76. The second-order valence-electron chi connectivity index (χ2n) is 7.04. The first-order valence-corrected chi connectivity index (χ1v) is 9.07. The van der Waals surface area contributed by atoms with Crippen LogP contribution in [-0.2, 0) is 4.79 Å². The molecule has 2 rings (SSSR count). The minimum Gasteiger partial charge on any atom is -0.369 e. The Labute approximate surface area is 163 Å². The second kappa shape index (κ2) is 11.1. The molecule has 2 aliphatic rings. The highest BCUT2D eigenvalue weighted by atomic mass is 127. The van der Waals surface area contributed by atoms with Crippen molar-refractivity contribution in [3.63, 3.8) is 0 Å². The molecule has 0 aromatic heterocycles. The van der Waals surface area contributed by atoms with Crippen LogP contribution in [0.1, 0.15) is 39.0 Å². The number of nitrogens with one attached hydrogen (secondary N) is 1. The molecule has 0 bridgehead atoms. The van der Waals surface area contributed by atoms with Crippen molar-refractivity contribution < 1.29 is 4.79 Å². The number of carbonyl (C=O) groups is 1. The van der Waals surface area contributed by atoms with Gasteiger partial charge in [0, 0.05) is 33.2 Å². The molecule has 0 saturated carbocycles. The summed E-state index contributed by atoms with van der Waals surface area (Å²) in [6, 6.07) is 0. The van der Waals surface area contributed by atoms with Gasteiger partial charge in [0.05, 0.1) is 5.92 Å². The van der Waals surface area contributed by atoms with Crippen LogP contribution in [0.5, 0.6) is 0 Å². The minimum absolute atomic E-state index is 0. The van der Waals surface area contributed by atoms with Gasteiger partial charge in [0.15, 0.2) is 5.96 Å². The summed E-state index contributed by atoms with van der Waals surface area (Å²) >= 11 is 0. The number of amides is 1. The lowest BCUT2D eigenvalue weighted by Gasteiger charge is -2.33. The van der Waals surface area contributed by atoms with E-state index in [-0.39, 0.29) is 35.8 Å². The van der Waals surface area contributed by atoms with Crippen LogP contribution in [0.3, 0.4) is 0 Å². The number of nitrogens with two attached hydrogens (primary N) is 1. The zero-order valence-corrected chi connectivity index (χ0v) is 17.5. The molecule has 24 heavy (non-hydrogen) atoms. The number of hydrogen-bond donors (Lipinski definition) is 2. The van der Waals surface area contributed by atoms with Crippen LogP contribution in [0.15, 0.2) is 4.99 Å². The predicted molar refractivity (Wildman–Crippen MR) is 110 cm³/mol. The number of hydrogen-bond acceptors (Lipinski definition) is 3. The van der Waals surface area contributed by atoms with Crippen LogP contribution < -0.4 is 11.1 Å². The summed E-state index contributed by atoms with van der Waals surface area (Å²) in [5.41, 5.74) is 5.44. The molecule has 1 amide bonds. The van der Waals surface area contributed by atoms with Crippen molar-refractivity contribution in [1.82, 2.24) is 15.1 Å². The lowest BCUT2D eigenvalue weighted by atomic mass is 9.97. The molecule has 3 N–H and O–H groups in total. The maximum Gasteiger partial charge on any atom is 0.221 e. The van der Waals surface area contributed by atoms with Crippen molar-refractivity contribution in [3.8, 4) is 0 Å². The third-order valence-electron chi connectivity index (χ3n) is 5.14. The van der Waals surface area contributed by atoms with Crippen molar-refractivity contribution in [2.75, 3.05) is 46.3 Å². The highest BCUT2D eigenvalue weighted by Gasteiger charge is 2.23. The summed E-state index contributed by atoms with van der Waals surface area (Å²) in [6.07, 6.45) is 5.60. The zero-order chi connectivity index (χ0) is 16.7. The summed E-state index contributed by atoms with van der Waals surface area (Å²) < 4.78 is 0. The maximum absolute atomic E-state index is 11.3. The van der Waals surface area contributed by atoms with Crippen molar-refractivity contribution in [3.05, 3.63) is 0 Å². The number of nitrogens with zero attached hydrogens (tertiary/aromatic N) is 3. The topological polar surface area (TPSA) is 74.0 Å². The maximum atomic E-state index is 11.3. The van der Waals surface area contributed by atoms with E-state index in [1.165, 1.54) is 12.8 Å². The van der Waals surface area contributed by atoms with Gasteiger partial charge in [-0.05, 0) is 51.1 Å². The fraction of sp³-hybridized carbons (Fsp3) is 0.882. The van der Waals surface area contributed by atoms with E-state index in [9.17, 15) is 4.79 Å².